The molecule has 0 aliphatic rings. The van der Waals surface area contributed by atoms with Gasteiger partial charge in [-0.25, -0.2) is 13.1 Å². The number of hydrogen-bond donors (Lipinski definition) is 2. The summed E-state index contributed by atoms with van der Waals surface area (Å²) in [6.45, 7) is 2.22. The minimum Gasteiger partial charge on any atom is -0.383 e. The van der Waals surface area contributed by atoms with Crippen molar-refractivity contribution in [3.63, 3.8) is 0 Å². The Morgan fingerprint density at radius 2 is 1.72 bits per heavy atom. The van der Waals surface area contributed by atoms with E-state index >= 15 is 0 Å². The van der Waals surface area contributed by atoms with Gasteiger partial charge in [-0.2, -0.15) is 0 Å². The molecule has 4 nitrogen and oxygen atoms in total. The van der Waals surface area contributed by atoms with Crippen molar-refractivity contribution in [2.45, 2.75) is 30.2 Å². The van der Waals surface area contributed by atoms with Crippen LogP contribution in [0.15, 0.2) is 58.8 Å². The molecule has 0 fully saturated rings. The lowest BCUT2D eigenvalue weighted by atomic mass is 10.1. The second-order valence-electron chi connectivity index (χ2n) is 5.52. The molecule has 0 saturated carbocycles. The van der Waals surface area contributed by atoms with Crippen LogP contribution in [0.2, 0.25) is 0 Å². The number of hydrogen-bond acceptors (Lipinski definition) is 5. The topological polar surface area (TPSA) is 66.4 Å². The van der Waals surface area contributed by atoms with Gasteiger partial charge in [0.2, 0.25) is 10.0 Å². The van der Waals surface area contributed by atoms with Crippen LogP contribution in [0.25, 0.3) is 0 Å². The van der Waals surface area contributed by atoms with Crippen LogP contribution >= 0.6 is 22.7 Å². The molecule has 0 spiro atoms. The number of aliphatic hydroxyl groups is 1. The van der Waals surface area contributed by atoms with Gasteiger partial charge in [-0.3, -0.25) is 0 Å². The third kappa shape index (κ3) is 4.37. The number of rotatable bonds is 7. The summed E-state index contributed by atoms with van der Waals surface area (Å²) in [7, 11) is -3.50. The van der Waals surface area contributed by atoms with Crippen molar-refractivity contribution >= 4 is 32.7 Å². The van der Waals surface area contributed by atoms with E-state index in [0.29, 0.717) is 4.21 Å². The molecule has 0 bridgehead atoms. The number of aliphatic hydroxyl groups excluding tert-OH is 1. The molecule has 0 aliphatic heterocycles. The fourth-order valence-corrected chi connectivity index (χ4v) is 5.77. The molecule has 1 atom stereocenters. The number of benzene rings is 1. The molecule has 1 unspecified atom stereocenters. The standard InChI is InChI=1S/C18H19NO3S3/c1-2-14-9-11-17(24-14)25(21,22)19-12-15-8-10-16(23-15)18(20)13-6-4-3-5-7-13/h3-11,18-20H,2,12H2,1H3. The molecule has 2 N–H and O–H groups in total. The Labute approximate surface area is 155 Å². The van der Waals surface area contributed by atoms with Gasteiger partial charge < -0.3 is 5.11 Å². The number of nitrogens with one attached hydrogen (secondary N) is 1. The quantitative estimate of drug-likeness (QED) is 0.639. The SMILES string of the molecule is CCc1ccc(S(=O)(=O)NCc2ccc(C(O)c3ccccc3)s2)s1. The molecule has 25 heavy (non-hydrogen) atoms. The first-order valence-electron chi connectivity index (χ1n) is 7.89. The Morgan fingerprint density at radius 1 is 1.00 bits per heavy atom. The predicted molar refractivity (Wildman–Crippen MR) is 103 cm³/mol. The summed E-state index contributed by atoms with van der Waals surface area (Å²) >= 11 is 2.70. The summed E-state index contributed by atoms with van der Waals surface area (Å²) in [5.41, 5.74) is 0.821. The van der Waals surface area contributed by atoms with E-state index in [-0.39, 0.29) is 6.54 Å². The molecule has 7 heteroatoms. The van der Waals surface area contributed by atoms with Gasteiger partial charge in [0.25, 0.3) is 0 Å². The monoisotopic (exact) mass is 393 g/mol. The third-order valence-electron chi connectivity index (χ3n) is 3.75. The second kappa shape index (κ2) is 7.80. The highest BCUT2D eigenvalue weighted by Gasteiger charge is 2.18. The molecular formula is C18H19NO3S3. The van der Waals surface area contributed by atoms with Crippen LogP contribution in [0, 0.1) is 0 Å². The van der Waals surface area contributed by atoms with Crippen molar-refractivity contribution in [1.82, 2.24) is 4.72 Å². The van der Waals surface area contributed by atoms with Crippen LogP contribution in [-0.2, 0) is 23.0 Å². The van der Waals surface area contributed by atoms with E-state index in [0.717, 1.165) is 26.6 Å². The first-order chi connectivity index (χ1) is 12.0. The molecule has 0 radical (unpaired) electrons. The molecule has 3 rings (SSSR count). The normalized spacial score (nSPS) is 13.0. The maximum atomic E-state index is 12.4. The van der Waals surface area contributed by atoms with Crippen molar-refractivity contribution in [2.75, 3.05) is 0 Å². The van der Waals surface area contributed by atoms with E-state index in [1.54, 1.807) is 6.07 Å². The fourth-order valence-electron chi connectivity index (χ4n) is 2.37. The van der Waals surface area contributed by atoms with Gasteiger partial charge in [0.1, 0.15) is 10.3 Å². The van der Waals surface area contributed by atoms with Crippen LogP contribution < -0.4 is 4.72 Å². The summed E-state index contributed by atoms with van der Waals surface area (Å²) in [6, 6.07) is 16.6. The van der Waals surface area contributed by atoms with Crippen molar-refractivity contribution in [1.29, 1.82) is 0 Å². The van der Waals surface area contributed by atoms with Gasteiger partial charge in [0.05, 0.1) is 0 Å². The first kappa shape index (κ1) is 18.3. The smallest absolute Gasteiger partial charge is 0.250 e. The predicted octanol–water partition coefficient (Wildman–Crippen LogP) is 3.93. The largest absolute Gasteiger partial charge is 0.383 e. The van der Waals surface area contributed by atoms with E-state index in [1.165, 1.54) is 22.7 Å². The molecular weight excluding hydrogens is 374 g/mol. The Balaban J connectivity index is 1.67. The van der Waals surface area contributed by atoms with Crippen molar-refractivity contribution in [3.8, 4) is 0 Å². The van der Waals surface area contributed by atoms with Gasteiger partial charge in [-0.1, -0.05) is 37.3 Å². The zero-order chi connectivity index (χ0) is 17.9. The van der Waals surface area contributed by atoms with Crippen LogP contribution in [0.4, 0.5) is 0 Å². The van der Waals surface area contributed by atoms with E-state index in [4.69, 9.17) is 0 Å². The summed E-state index contributed by atoms with van der Waals surface area (Å²) in [5, 5.41) is 10.4. The molecule has 0 aliphatic carbocycles. The van der Waals surface area contributed by atoms with Crippen molar-refractivity contribution in [3.05, 3.63) is 74.8 Å². The van der Waals surface area contributed by atoms with Crippen molar-refractivity contribution < 1.29 is 13.5 Å². The summed E-state index contributed by atoms with van der Waals surface area (Å²) < 4.78 is 27.7. The van der Waals surface area contributed by atoms with Gasteiger partial charge in [0, 0.05) is 21.2 Å². The number of thiophene rings is 2. The van der Waals surface area contributed by atoms with E-state index < -0.39 is 16.1 Å². The average Bonchev–Trinajstić information content (AvgIpc) is 3.30. The van der Waals surface area contributed by atoms with E-state index in [2.05, 4.69) is 4.72 Å². The summed E-state index contributed by atoms with van der Waals surface area (Å²) in [5.74, 6) is 0. The first-order valence-corrected chi connectivity index (χ1v) is 11.0. The lowest BCUT2D eigenvalue weighted by Gasteiger charge is -2.08. The third-order valence-corrected chi connectivity index (χ3v) is 8.01. The average molecular weight is 394 g/mol. The van der Waals surface area contributed by atoms with E-state index in [1.807, 2.05) is 55.5 Å². The van der Waals surface area contributed by atoms with Gasteiger partial charge >= 0.3 is 0 Å². The zero-order valence-corrected chi connectivity index (χ0v) is 16.1. The Hall–Kier alpha value is -1.51. The fraction of sp³-hybridized carbons (Fsp3) is 0.222. The minimum absolute atomic E-state index is 0.216. The van der Waals surface area contributed by atoms with E-state index in [9.17, 15) is 13.5 Å². The lowest BCUT2D eigenvalue weighted by molar-refractivity contribution is 0.224. The Morgan fingerprint density at radius 3 is 2.40 bits per heavy atom. The highest BCUT2D eigenvalue weighted by molar-refractivity contribution is 7.91. The highest BCUT2D eigenvalue weighted by atomic mass is 32.2. The van der Waals surface area contributed by atoms with Crippen LogP contribution in [0.3, 0.4) is 0 Å². The zero-order valence-electron chi connectivity index (χ0n) is 13.7. The molecule has 132 valence electrons. The summed E-state index contributed by atoms with van der Waals surface area (Å²) in [4.78, 5) is 2.70. The number of sulfonamides is 1. The van der Waals surface area contributed by atoms with Crippen molar-refractivity contribution in [2.24, 2.45) is 0 Å². The molecule has 3 aromatic rings. The molecule has 2 aromatic heterocycles. The highest BCUT2D eigenvalue weighted by Crippen LogP contribution is 2.29. The Kier molecular flexibility index (Phi) is 5.71. The number of aryl methyl sites for hydroxylation is 1. The molecule has 0 amide bonds. The Bertz CT molecular complexity index is 929. The maximum Gasteiger partial charge on any atom is 0.250 e. The molecule has 0 saturated heterocycles. The minimum atomic E-state index is -3.50. The summed E-state index contributed by atoms with van der Waals surface area (Å²) in [6.07, 6.45) is 0.132. The van der Waals surface area contributed by atoms with Gasteiger partial charge in [-0.05, 0) is 36.2 Å². The lowest BCUT2D eigenvalue weighted by Crippen LogP contribution is -2.21. The van der Waals surface area contributed by atoms with Gasteiger partial charge in [0.15, 0.2) is 0 Å². The van der Waals surface area contributed by atoms with Crippen LogP contribution in [0.1, 0.15) is 33.2 Å². The maximum absolute atomic E-state index is 12.4. The second-order valence-corrected chi connectivity index (χ2v) is 9.88. The molecule has 2 heterocycles. The van der Waals surface area contributed by atoms with Crippen LogP contribution in [-0.4, -0.2) is 13.5 Å². The van der Waals surface area contributed by atoms with Gasteiger partial charge in [-0.15, -0.1) is 22.7 Å². The molecule has 1 aromatic carbocycles. The van der Waals surface area contributed by atoms with Crippen LogP contribution in [0.5, 0.6) is 0 Å².